The second kappa shape index (κ2) is 6.68. The van der Waals surface area contributed by atoms with Crippen molar-refractivity contribution in [1.29, 1.82) is 0 Å². The molecule has 2 aromatic rings. The molecule has 0 heterocycles. The number of benzene rings is 2. The van der Waals surface area contributed by atoms with E-state index in [1.165, 1.54) is 0 Å². The molecule has 2 N–H and O–H groups in total. The first kappa shape index (κ1) is 14.0. The Morgan fingerprint density at radius 1 is 1.10 bits per heavy atom. The van der Waals surface area contributed by atoms with Crippen molar-refractivity contribution in [2.75, 3.05) is 6.54 Å². The van der Waals surface area contributed by atoms with Gasteiger partial charge < -0.3 is 5.11 Å². The molecular weight excluding hydrogens is 250 g/mol. The summed E-state index contributed by atoms with van der Waals surface area (Å²) >= 11 is 0. The molecule has 0 aliphatic carbocycles. The average Bonchev–Trinajstić information content (AvgIpc) is 2.49. The Kier molecular flexibility index (Phi) is 4.69. The van der Waals surface area contributed by atoms with Gasteiger partial charge in [0.1, 0.15) is 6.04 Å². The minimum Gasteiger partial charge on any atom is -0.480 e. The molecule has 0 fully saturated rings. The van der Waals surface area contributed by atoms with Gasteiger partial charge in [-0.2, -0.15) is 0 Å². The highest BCUT2D eigenvalue weighted by atomic mass is 16.4. The Labute approximate surface area is 118 Å². The first-order chi connectivity index (χ1) is 9.72. The van der Waals surface area contributed by atoms with Crippen LogP contribution < -0.4 is 5.32 Å². The Morgan fingerprint density at radius 3 is 2.25 bits per heavy atom. The average molecular weight is 267 g/mol. The summed E-state index contributed by atoms with van der Waals surface area (Å²) in [6.07, 6.45) is 1.65. The molecule has 0 aliphatic rings. The molecule has 1 atom stereocenters. The van der Waals surface area contributed by atoms with Gasteiger partial charge in [-0.25, -0.2) is 0 Å². The molecule has 2 rings (SSSR count). The number of nitrogens with one attached hydrogen (secondary N) is 1. The van der Waals surface area contributed by atoms with Crippen LogP contribution in [0.2, 0.25) is 0 Å². The van der Waals surface area contributed by atoms with E-state index in [0.717, 1.165) is 16.7 Å². The molecule has 1 unspecified atom stereocenters. The predicted octanol–water partition coefficient (Wildman–Crippen LogP) is 3.25. The van der Waals surface area contributed by atoms with Crippen LogP contribution in [0.3, 0.4) is 0 Å². The highest BCUT2D eigenvalue weighted by Gasteiger charge is 2.18. The van der Waals surface area contributed by atoms with Crippen LogP contribution in [0, 0.1) is 0 Å². The summed E-state index contributed by atoms with van der Waals surface area (Å²) in [5, 5.41) is 12.2. The maximum absolute atomic E-state index is 11.3. The largest absolute Gasteiger partial charge is 0.480 e. The lowest BCUT2D eigenvalue weighted by atomic mass is 10.0. The second-order valence-corrected chi connectivity index (χ2v) is 4.46. The molecule has 102 valence electrons. The highest BCUT2D eigenvalue weighted by Crippen LogP contribution is 2.22. The maximum Gasteiger partial charge on any atom is 0.325 e. The number of rotatable bonds is 6. The summed E-state index contributed by atoms with van der Waals surface area (Å²) in [5.41, 5.74) is 2.92. The number of carboxylic acids is 1. The van der Waals surface area contributed by atoms with Gasteiger partial charge in [0.05, 0.1) is 0 Å². The number of aliphatic carboxylic acids is 1. The predicted molar refractivity (Wildman–Crippen MR) is 80.5 cm³/mol. The monoisotopic (exact) mass is 267 g/mol. The standard InChI is InChI=1S/C17H17NO2/c1-2-12-18-16(17(19)20)15-10-8-14(9-11-15)13-6-4-3-5-7-13/h2-11,16,18H,1,12H2,(H,19,20). The van der Waals surface area contributed by atoms with E-state index in [0.29, 0.717) is 6.54 Å². The van der Waals surface area contributed by atoms with Crippen LogP contribution in [0.25, 0.3) is 11.1 Å². The van der Waals surface area contributed by atoms with Crippen molar-refractivity contribution in [3.63, 3.8) is 0 Å². The number of carbonyl (C=O) groups is 1. The van der Waals surface area contributed by atoms with Crippen molar-refractivity contribution in [3.05, 3.63) is 72.8 Å². The molecular formula is C17H17NO2. The fourth-order valence-electron chi connectivity index (χ4n) is 2.05. The summed E-state index contributed by atoms with van der Waals surface area (Å²) in [4.78, 5) is 11.3. The van der Waals surface area contributed by atoms with Gasteiger partial charge in [0.2, 0.25) is 0 Å². The summed E-state index contributed by atoms with van der Waals surface area (Å²) < 4.78 is 0. The Hall–Kier alpha value is -2.39. The zero-order valence-corrected chi connectivity index (χ0v) is 11.1. The fraction of sp³-hybridized carbons (Fsp3) is 0.118. The Morgan fingerprint density at radius 2 is 1.70 bits per heavy atom. The SMILES string of the molecule is C=CCNC(C(=O)O)c1ccc(-c2ccccc2)cc1. The second-order valence-electron chi connectivity index (χ2n) is 4.46. The van der Waals surface area contributed by atoms with Gasteiger partial charge in [-0.15, -0.1) is 6.58 Å². The van der Waals surface area contributed by atoms with Crippen molar-refractivity contribution in [1.82, 2.24) is 5.32 Å². The molecule has 0 amide bonds. The lowest BCUT2D eigenvalue weighted by Crippen LogP contribution is -2.28. The molecule has 0 saturated carbocycles. The summed E-state index contributed by atoms with van der Waals surface area (Å²) in [6, 6.07) is 16.8. The van der Waals surface area contributed by atoms with Crippen molar-refractivity contribution in [2.45, 2.75) is 6.04 Å². The lowest BCUT2D eigenvalue weighted by molar-refractivity contribution is -0.139. The third-order valence-electron chi connectivity index (χ3n) is 3.06. The van der Waals surface area contributed by atoms with E-state index < -0.39 is 12.0 Å². The number of hydrogen-bond donors (Lipinski definition) is 2. The lowest BCUT2D eigenvalue weighted by Gasteiger charge is -2.14. The van der Waals surface area contributed by atoms with Crippen molar-refractivity contribution < 1.29 is 9.90 Å². The third kappa shape index (κ3) is 3.33. The van der Waals surface area contributed by atoms with Crippen LogP contribution in [-0.4, -0.2) is 17.6 Å². The topological polar surface area (TPSA) is 49.3 Å². The minimum atomic E-state index is -0.890. The van der Waals surface area contributed by atoms with Crippen molar-refractivity contribution in [3.8, 4) is 11.1 Å². The van der Waals surface area contributed by atoms with E-state index >= 15 is 0 Å². The first-order valence-electron chi connectivity index (χ1n) is 6.45. The van der Waals surface area contributed by atoms with Crippen molar-refractivity contribution >= 4 is 5.97 Å². The van der Waals surface area contributed by atoms with Crippen LogP contribution >= 0.6 is 0 Å². The minimum absolute atomic E-state index is 0.456. The molecule has 0 aromatic heterocycles. The van der Waals surface area contributed by atoms with Crippen LogP contribution in [0.1, 0.15) is 11.6 Å². The van der Waals surface area contributed by atoms with E-state index in [1.54, 1.807) is 6.08 Å². The normalized spacial score (nSPS) is 11.8. The molecule has 0 radical (unpaired) electrons. The van der Waals surface area contributed by atoms with Gasteiger partial charge >= 0.3 is 5.97 Å². The third-order valence-corrected chi connectivity index (χ3v) is 3.06. The van der Waals surface area contributed by atoms with Crippen LogP contribution in [0.4, 0.5) is 0 Å². The molecule has 2 aromatic carbocycles. The van der Waals surface area contributed by atoms with Gasteiger partial charge in [0, 0.05) is 6.54 Å². The van der Waals surface area contributed by atoms with E-state index in [1.807, 2.05) is 54.6 Å². The Bertz CT molecular complexity index is 576. The molecule has 20 heavy (non-hydrogen) atoms. The molecule has 0 saturated heterocycles. The van der Waals surface area contributed by atoms with Gasteiger partial charge in [0.25, 0.3) is 0 Å². The maximum atomic E-state index is 11.3. The number of hydrogen-bond acceptors (Lipinski definition) is 2. The number of carboxylic acid groups (broad SMARTS) is 1. The zero-order valence-electron chi connectivity index (χ0n) is 11.1. The molecule has 0 spiro atoms. The van der Waals surface area contributed by atoms with Crippen molar-refractivity contribution in [2.24, 2.45) is 0 Å². The van der Waals surface area contributed by atoms with Crippen LogP contribution in [0.15, 0.2) is 67.3 Å². The molecule has 0 aliphatic heterocycles. The van der Waals surface area contributed by atoms with Crippen LogP contribution in [-0.2, 0) is 4.79 Å². The zero-order chi connectivity index (χ0) is 14.4. The van der Waals surface area contributed by atoms with Gasteiger partial charge in [-0.3, -0.25) is 10.1 Å². The highest BCUT2D eigenvalue weighted by molar-refractivity contribution is 5.76. The van der Waals surface area contributed by atoms with Gasteiger partial charge in [0.15, 0.2) is 0 Å². The summed E-state index contributed by atoms with van der Waals surface area (Å²) in [6.45, 7) is 4.04. The Balaban J connectivity index is 2.22. The molecule has 3 heteroatoms. The van der Waals surface area contributed by atoms with E-state index in [2.05, 4.69) is 11.9 Å². The quantitative estimate of drug-likeness (QED) is 0.790. The van der Waals surface area contributed by atoms with E-state index in [-0.39, 0.29) is 0 Å². The van der Waals surface area contributed by atoms with Gasteiger partial charge in [-0.05, 0) is 16.7 Å². The van der Waals surface area contributed by atoms with Gasteiger partial charge in [-0.1, -0.05) is 60.7 Å². The molecule has 0 bridgehead atoms. The molecule has 3 nitrogen and oxygen atoms in total. The van der Waals surface area contributed by atoms with E-state index in [9.17, 15) is 9.90 Å². The summed E-state index contributed by atoms with van der Waals surface area (Å²) in [7, 11) is 0. The smallest absolute Gasteiger partial charge is 0.325 e. The fourth-order valence-corrected chi connectivity index (χ4v) is 2.05. The summed E-state index contributed by atoms with van der Waals surface area (Å²) in [5.74, 6) is -0.890. The van der Waals surface area contributed by atoms with E-state index in [4.69, 9.17) is 0 Å². The van der Waals surface area contributed by atoms with Crippen LogP contribution in [0.5, 0.6) is 0 Å². The first-order valence-corrected chi connectivity index (χ1v) is 6.45.